The number of anilines is 2. The number of amides is 1. The van der Waals surface area contributed by atoms with Crippen LogP contribution in [0, 0.1) is 13.8 Å². The van der Waals surface area contributed by atoms with Crippen molar-refractivity contribution in [1.29, 1.82) is 0 Å². The molecule has 0 spiro atoms. The molecular formula is C16H18BrN3O. The lowest BCUT2D eigenvalue weighted by Gasteiger charge is -2.18. The number of nitrogens with one attached hydrogen (secondary N) is 1. The zero-order chi connectivity index (χ0) is 15.4. The highest BCUT2D eigenvalue weighted by molar-refractivity contribution is 9.10. The van der Waals surface area contributed by atoms with Crippen LogP contribution >= 0.6 is 15.9 Å². The number of rotatable bonds is 4. The van der Waals surface area contributed by atoms with E-state index < -0.39 is 0 Å². The molecule has 0 saturated carbocycles. The van der Waals surface area contributed by atoms with Crippen molar-refractivity contribution in [3.63, 3.8) is 0 Å². The first-order valence-electron chi connectivity index (χ1n) is 6.66. The van der Waals surface area contributed by atoms with Crippen LogP contribution in [0.1, 0.15) is 11.1 Å². The topological polar surface area (TPSA) is 45.2 Å². The molecule has 0 unspecified atom stereocenters. The van der Waals surface area contributed by atoms with Crippen LogP contribution in [0.15, 0.2) is 41.0 Å². The summed E-state index contributed by atoms with van der Waals surface area (Å²) < 4.78 is 0.916. The van der Waals surface area contributed by atoms with Gasteiger partial charge in [0.15, 0.2) is 0 Å². The molecule has 110 valence electrons. The molecule has 0 aliphatic carbocycles. The van der Waals surface area contributed by atoms with Gasteiger partial charge in [0.1, 0.15) is 5.82 Å². The Balaban J connectivity index is 2.03. The fourth-order valence-corrected chi connectivity index (χ4v) is 2.32. The molecule has 1 heterocycles. The number of halogens is 1. The number of pyridine rings is 1. The number of carbonyl (C=O) groups is 1. The van der Waals surface area contributed by atoms with E-state index in [-0.39, 0.29) is 12.5 Å². The minimum atomic E-state index is -0.0559. The van der Waals surface area contributed by atoms with Crippen LogP contribution in [0.4, 0.5) is 11.5 Å². The average molecular weight is 348 g/mol. The number of benzene rings is 1. The van der Waals surface area contributed by atoms with Crippen LogP contribution in [0.5, 0.6) is 0 Å². The van der Waals surface area contributed by atoms with Crippen LogP contribution in [-0.2, 0) is 4.79 Å². The van der Waals surface area contributed by atoms with Crippen molar-refractivity contribution in [3.8, 4) is 0 Å². The number of carbonyl (C=O) groups excluding carboxylic acids is 1. The molecule has 2 aromatic rings. The van der Waals surface area contributed by atoms with Gasteiger partial charge in [-0.3, -0.25) is 4.79 Å². The first-order chi connectivity index (χ1) is 9.97. The molecule has 0 radical (unpaired) electrons. The van der Waals surface area contributed by atoms with Gasteiger partial charge in [-0.25, -0.2) is 4.98 Å². The highest BCUT2D eigenvalue weighted by Crippen LogP contribution is 2.19. The Labute approximate surface area is 133 Å². The van der Waals surface area contributed by atoms with E-state index in [1.165, 1.54) is 0 Å². The average Bonchev–Trinajstić information content (AvgIpc) is 2.43. The molecule has 21 heavy (non-hydrogen) atoms. The molecular weight excluding hydrogens is 330 g/mol. The molecule has 0 saturated heterocycles. The van der Waals surface area contributed by atoms with Gasteiger partial charge in [0.2, 0.25) is 5.91 Å². The first kappa shape index (κ1) is 15.5. The molecule has 5 heteroatoms. The predicted molar refractivity (Wildman–Crippen MR) is 89.8 cm³/mol. The Hall–Kier alpha value is -1.88. The van der Waals surface area contributed by atoms with Gasteiger partial charge in [0, 0.05) is 23.4 Å². The number of nitrogens with zero attached hydrogens (tertiary/aromatic N) is 2. The van der Waals surface area contributed by atoms with E-state index in [1.54, 1.807) is 6.20 Å². The predicted octanol–water partition coefficient (Wildman–Crippen LogP) is 3.54. The highest BCUT2D eigenvalue weighted by atomic mass is 79.9. The molecule has 0 atom stereocenters. The lowest BCUT2D eigenvalue weighted by atomic mass is 10.1. The second-order valence-electron chi connectivity index (χ2n) is 5.01. The van der Waals surface area contributed by atoms with Gasteiger partial charge in [0.05, 0.1) is 6.54 Å². The van der Waals surface area contributed by atoms with E-state index in [0.717, 1.165) is 27.1 Å². The molecule has 1 aromatic carbocycles. The lowest BCUT2D eigenvalue weighted by Crippen LogP contribution is -2.31. The zero-order valence-electron chi connectivity index (χ0n) is 12.4. The third kappa shape index (κ3) is 4.04. The molecule has 1 N–H and O–H groups in total. The summed E-state index contributed by atoms with van der Waals surface area (Å²) >= 11 is 3.35. The van der Waals surface area contributed by atoms with Gasteiger partial charge in [-0.05, 0) is 53.0 Å². The summed E-state index contributed by atoms with van der Waals surface area (Å²) in [7, 11) is 1.85. The maximum Gasteiger partial charge on any atom is 0.243 e. The van der Waals surface area contributed by atoms with E-state index in [9.17, 15) is 4.79 Å². The first-order valence-corrected chi connectivity index (χ1v) is 7.45. The molecule has 1 amide bonds. The number of hydrogen-bond donors (Lipinski definition) is 1. The summed E-state index contributed by atoms with van der Waals surface area (Å²) in [5.74, 6) is 0.703. The maximum absolute atomic E-state index is 12.2. The van der Waals surface area contributed by atoms with Gasteiger partial charge < -0.3 is 10.2 Å². The largest absolute Gasteiger partial charge is 0.350 e. The summed E-state index contributed by atoms with van der Waals surface area (Å²) in [4.78, 5) is 18.3. The smallest absolute Gasteiger partial charge is 0.243 e. The normalized spacial score (nSPS) is 10.3. The standard InChI is InChI=1S/C16H18BrN3O/c1-11-5-4-6-12(2)16(11)19-15(21)10-20(3)14-8-7-13(17)9-18-14/h4-9H,10H2,1-3H3,(H,19,21). The summed E-state index contributed by atoms with van der Waals surface area (Å²) in [5.41, 5.74) is 3.01. The lowest BCUT2D eigenvalue weighted by molar-refractivity contribution is -0.114. The molecule has 2 rings (SSSR count). The van der Waals surface area contributed by atoms with Crippen LogP contribution in [0.2, 0.25) is 0 Å². The number of hydrogen-bond acceptors (Lipinski definition) is 3. The van der Waals surface area contributed by atoms with Crippen molar-refractivity contribution in [2.24, 2.45) is 0 Å². The summed E-state index contributed by atoms with van der Waals surface area (Å²) in [6, 6.07) is 9.74. The third-order valence-electron chi connectivity index (χ3n) is 3.23. The van der Waals surface area contributed by atoms with Crippen molar-refractivity contribution < 1.29 is 4.79 Å². The minimum Gasteiger partial charge on any atom is -0.350 e. The molecule has 0 bridgehead atoms. The molecule has 1 aromatic heterocycles. The number of aromatic nitrogens is 1. The highest BCUT2D eigenvalue weighted by Gasteiger charge is 2.11. The Morgan fingerprint density at radius 2 is 1.90 bits per heavy atom. The van der Waals surface area contributed by atoms with Gasteiger partial charge in [-0.1, -0.05) is 18.2 Å². The second-order valence-corrected chi connectivity index (χ2v) is 5.92. The van der Waals surface area contributed by atoms with E-state index >= 15 is 0 Å². The Morgan fingerprint density at radius 3 is 2.48 bits per heavy atom. The third-order valence-corrected chi connectivity index (χ3v) is 3.70. The quantitative estimate of drug-likeness (QED) is 0.919. The van der Waals surface area contributed by atoms with E-state index in [4.69, 9.17) is 0 Å². The van der Waals surface area contributed by atoms with E-state index in [2.05, 4.69) is 26.2 Å². The minimum absolute atomic E-state index is 0.0559. The molecule has 0 fully saturated rings. The summed E-state index contributed by atoms with van der Waals surface area (Å²) in [6.07, 6.45) is 1.72. The van der Waals surface area contributed by atoms with Gasteiger partial charge in [-0.2, -0.15) is 0 Å². The van der Waals surface area contributed by atoms with Crippen molar-refractivity contribution >= 4 is 33.3 Å². The Morgan fingerprint density at radius 1 is 1.24 bits per heavy atom. The number of aryl methyl sites for hydroxylation is 2. The second kappa shape index (κ2) is 6.72. The van der Waals surface area contributed by atoms with Gasteiger partial charge in [-0.15, -0.1) is 0 Å². The van der Waals surface area contributed by atoms with Crippen LogP contribution in [-0.4, -0.2) is 24.5 Å². The number of para-hydroxylation sites is 1. The van der Waals surface area contributed by atoms with Crippen molar-refractivity contribution in [3.05, 3.63) is 52.1 Å². The molecule has 0 aliphatic rings. The zero-order valence-corrected chi connectivity index (χ0v) is 13.9. The number of likely N-dealkylation sites (N-methyl/N-ethyl adjacent to an activating group) is 1. The SMILES string of the molecule is Cc1cccc(C)c1NC(=O)CN(C)c1ccc(Br)cn1. The van der Waals surface area contributed by atoms with Crippen molar-refractivity contribution in [1.82, 2.24) is 4.98 Å². The Kier molecular flexibility index (Phi) is 4.96. The van der Waals surface area contributed by atoms with Crippen LogP contribution < -0.4 is 10.2 Å². The fourth-order valence-electron chi connectivity index (χ4n) is 2.08. The molecule has 0 aliphatic heterocycles. The van der Waals surface area contributed by atoms with E-state index in [1.807, 2.05) is 56.1 Å². The molecule has 4 nitrogen and oxygen atoms in total. The summed E-state index contributed by atoms with van der Waals surface area (Å²) in [6.45, 7) is 4.23. The summed E-state index contributed by atoms with van der Waals surface area (Å²) in [5, 5.41) is 2.97. The van der Waals surface area contributed by atoms with Gasteiger partial charge in [0.25, 0.3) is 0 Å². The van der Waals surface area contributed by atoms with Crippen molar-refractivity contribution in [2.45, 2.75) is 13.8 Å². The monoisotopic (exact) mass is 347 g/mol. The van der Waals surface area contributed by atoms with E-state index in [0.29, 0.717) is 0 Å². The van der Waals surface area contributed by atoms with Crippen molar-refractivity contribution in [2.75, 3.05) is 23.8 Å². The van der Waals surface area contributed by atoms with Crippen LogP contribution in [0.3, 0.4) is 0 Å². The van der Waals surface area contributed by atoms with Crippen LogP contribution in [0.25, 0.3) is 0 Å². The fraction of sp³-hybridized carbons (Fsp3) is 0.250. The Bertz CT molecular complexity index is 620. The maximum atomic E-state index is 12.2. The van der Waals surface area contributed by atoms with Gasteiger partial charge >= 0.3 is 0 Å².